The maximum absolute atomic E-state index is 14.1. The van der Waals surface area contributed by atoms with Crippen LogP contribution in [0.1, 0.15) is 40.2 Å². The highest BCUT2D eigenvalue weighted by molar-refractivity contribution is 5.91. The molecule has 6 rings (SSSR count). The summed E-state index contributed by atoms with van der Waals surface area (Å²) >= 11 is 0. The molecule has 1 aliphatic carbocycles. The number of carbonyl (C=O) groups excluding carboxylic acids is 3. The number of nitrogens with zero attached hydrogens (tertiary/aromatic N) is 1. The SMILES string of the molecule is CON(C)C(=O)C(CC(=O)NC(c1ccccc1)(c1ccccc1)c1ccccc1)NC(=O)OCC1c2ccccc2-c2ccccc21. The standard InChI is InChI=1S/C40H37N3O5/c1-43(47-2)38(45)36(41-39(46)48-27-35-33-24-14-12-22-31(33)32-23-13-15-25-34(32)35)26-37(44)42-40(28-16-6-3-7-17-28,29-18-8-4-9-19-29)30-20-10-5-11-21-30/h3-25,35-36H,26-27H2,1-2H3,(H,41,46)(H,42,44). The summed E-state index contributed by atoms with van der Waals surface area (Å²) in [4.78, 5) is 46.0. The minimum absolute atomic E-state index is 0.0617. The predicted octanol–water partition coefficient (Wildman–Crippen LogP) is 6.41. The molecule has 3 amide bonds. The van der Waals surface area contributed by atoms with E-state index in [4.69, 9.17) is 9.57 Å². The summed E-state index contributed by atoms with van der Waals surface area (Å²) in [6.45, 7) is 0.0617. The maximum Gasteiger partial charge on any atom is 0.407 e. The molecular formula is C40H37N3O5. The molecule has 8 nitrogen and oxygen atoms in total. The van der Waals surface area contributed by atoms with Gasteiger partial charge >= 0.3 is 6.09 Å². The summed E-state index contributed by atoms with van der Waals surface area (Å²) in [5.74, 6) is -1.23. The lowest BCUT2D eigenvalue weighted by molar-refractivity contribution is -0.171. The van der Waals surface area contributed by atoms with E-state index in [9.17, 15) is 14.4 Å². The number of hydrogen-bond acceptors (Lipinski definition) is 5. The summed E-state index contributed by atoms with van der Waals surface area (Å²) in [6.07, 6.45) is -1.18. The quantitative estimate of drug-likeness (QED) is 0.129. The van der Waals surface area contributed by atoms with Crippen molar-refractivity contribution in [1.29, 1.82) is 0 Å². The number of rotatable bonds is 11. The van der Waals surface area contributed by atoms with Gasteiger partial charge < -0.3 is 15.4 Å². The van der Waals surface area contributed by atoms with Crippen LogP contribution in [0.3, 0.4) is 0 Å². The summed E-state index contributed by atoms with van der Waals surface area (Å²) in [5, 5.41) is 6.88. The number of likely N-dealkylation sites (N-methyl/N-ethyl adjacent to an activating group) is 1. The van der Waals surface area contributed by atoms with Crippen molar-refractivity contribution in [3.05, 3.63) is 167 Å². The molecule has 0 saturated carbocycles. The van der Waals surface area contributed by atoms with Crippen LogP contribution in [0, 0.1) is 0 Å². The van der Waals surface area contributed by atoms with E-state index in [-0.39, 0.29) is 18.9 Å². The first-order valence-corrected chi connectivity index (χ1v) is 15.8. The molecule has 1 atom stereocenters. The van der Waals surface area contributed by atoms with Gasteiger partial charge in [0.25, 0.3) is 5.91 Å². The Morgan fingerprint density at radius 3 is 1.58 bits per heavy atom. The summed E-state index contributed by atoms with van der Waals surface area (Å²) in [7, 11) is 2.77. The Kier molecular flexibility index (Phi) is 9.64. The van der Waals surface area contributed by atoms with Gasteiger partial charge in [-0.2, -0.15) is 0 Å². The average Bonchev–Trinajstić information content (AvgIpc) is 3.46. The first kappa shape index (κ1) is 32.2. The highest BCUT2D eigenvalue weighted by Crippen LogP contribution is 2.44. The molecule has 1 unspecified atom stereocenters. The third kappa shape index (κ3) is 6.43. The minimum Gasteiger partial charge on any atom is -0.449 e. The molecule has 2 N–H and O–H groups in total. The molecule has 5 aromatic rings. The third-order valence-corrected chi connectivity index (χ3v) is 8.85. The second-order valence-corrected chi connectivity index (χ2v) is 11.6. The van der Waals surface area contributed by atoms with E-state index in [1.54, 1.807) is 0 Å². The van der Waals surface area contributed by atoms with Crippen LogP contribution in [0.4, 0.5) is 4.79 Å². The molecule has 0 heterocycles. The minimum atomic E-state index is -1.27. The molecule has 5 aromatic carbocycles. The number of alkyl carbamates (subject to hydrolysis) is 1. The zero-order chi connectivity index (χ0) is 33.5. The van der Waals surface area contributed by atoms with Gasteiger partial charge in [-0.25, -0.2) is 9.86 Å². The van der Waals surface area contributed by atoms with Crippen LogP contribution in [0.2, 0.25) is 0 Å². The van der Waals surface area contributed by atoms with Crippen LogP contribution in [0.25, 0.3) is 11.1 Å². The van der Waals surface area contributed by atoms with Crippen LogP contribution in [0.5, 0.6) is 0 Å². The van der Waals surface area contributed by atoms with Crippen molar-refractivity contribution in [2.45, 2.75) is 23.9 Å². The van der Waals surface area contributed by atoms with E-state index in [1.807, 2.05) is 127 Å². The molecule has 0 saturated heterocycles. The molecule has 0 radical (unpaired) electrons. The number of hydrogen-bond donors (Lipinski definition) is 2. The number of amides is 3. The van der Waals surface area contributed by atoms with Gasteiger partial charge in [-0.05, 0) is 38.9 Å². The van der Waals surface area contributed by atoms with E-state index < -0.39 is 29.5 Å². The Balaban J connectivity index is 1.25. The largest absolute Gasteiger partial charge is 0.449 e. The third-order valence-electron chi connectivity index (χ3n) is 8.85. The number of benzene rings is 5. The first-order valence-electron chi connectivity index (χ1n) is 15.8. The number of fused-ring (bicyclic) bond motifs is 3. The number of ether oxygens (including phenoxy) is 1. The Morgan fingerprint density at radius 2 is 1.12 bits per heavy atom. The van der Waals surface area contributed by atoms with E-state index in [1.165, 1.54) is 14.2 Å². The molecule has 0 bridgehead atoms. The van der Waals surface area contributed by atoms with Crippen molar-refractivity contribution >= 4 is 17.9 Å². The molecule has 1 aliphatic rings. The fourth-order valence-electron chi connectivity index (χ4n) is 6.52. The Hall–Kier alpha value is -5.73. The summed E-state index contributed by atoms with van der Waals surface area (Å²) in [5.41, 5.74) is 5.74. The molecular weight excluding hydrogens is 602 g/mol. The average molecular weight is 640 g/mol. The van der Waals surface area contributed by atoms with Gasteiger partial charge in [-0.15, -0.1) is 0 Å². The summed E-state index contributed by atoms with van der Waals surface area (Å²) < 4.78 is 5.73. The van der Waals surface area contributed by atoms with E-state index in [2.05, 4.69) is 22.8 Å². The fourth-order valence-corrected chi connectivity index (χ4v) is 6.52. The summed E-state index contributed by atoms with van der Waals surface area (Å²) in [6, 6.07) is 43.8. The van der Waals surface area contributed by atoms with Crippen molar-refractivity contribution in [2.24, 2.45) is 0 Å². The van der Waals surface area contributed by atoms with Crippen LogP contribution < -0.4 is 10.6 Å². The predicted molar refractivity (Wildman–Crippen MR) is 184 cm³/mol. The van der Waals surface area contributed by atoms with Crippen molar-refractivity contribution in [3.8, 4) is 11.1 Å². The van der Waals surface area contributed by atoms with Gasteiger partial charge in [0, 0.05) is 13.0 Å². The van der Waals surface area contributed by atoms with Crippen molar-refractivity contribution in [3.63, 3.8) is 0 Å². The molecule has 0 fully saturated rings. The zero-order valence-electron chi connectivity index (χ0n) is 26.8. The molecule has 0 spiro atoms. The highest BCUT2D eigenvalue weighted by Gasteiger charge is 2.39. The Morgan fingerprint density at radius 1 is 0.688 bits per heavy atom. The van der Waals surface area contributed by atoms with Crippen LogP contribution >= 0.6 is 0 Å². The number of hydroxylamine groups is 2. The fraction of sp³-hybridized carbons (Fsp3) is 0.175. The Labute approximate surface area is 280 Å². The smallest absolute Gasteiger partial charge is 0.407 e. The topological polar surface area (TPSA) is 97.0 Å². The Bertz CT molecular complexity index is 1740. The van der Waals surface area contributed by atoms with Crippen molar-refractivity contribution in [1.82, 2.24) is 15.7 Å². The van der Waals surface area contributed by atoms with E-state index in [0.717, 1.165) is 44.0 Å². The van der Waals surface area contributed by atoms with Gasteiger partial charge in [-0.1, -0.05) is 140 Å². The molecule has 0 aromatic heterocycles. The first-order chi connectivity index (χ1) is 23.4. The lowest BCUT2D eigenvalue weighted by atomic mass is 9.77. The highest BCUT2D eigenvalue weighted by atomic mass is 16.7. The van der Waals surface area contributed by atoms with Crippen LogP contribution in [-0.2, 0) is 24.7 Å². The second-order valence-electron chi connectivity index (χ2n) is 11.6. The van der Waals surface area contributed by atoms with Gasteiger partial charge in [0.2, 0.25) is 5.91 Å². The van der Waals surface area contributed by atoms with Crippen LogP contribution in [0.15, 0.2) is 140 Å². The zero-order valence-corrected chi connectivity index (χ0v) is 26.8. The van der Waals surface area contributed by atoms with Gasteiger partial charge in [0.1, 0.15) is 18.2 Å². The second kappa shape index (κ2) is 14.4. The van der Waals surface area contributed by atoms with Crippen molar-refractivity contribution in [2.75, 3.05) is 20.8 Å². The molecule has 48 heavy (non-hydrogen) atoms. The number of carbonyl (C=O) groups is 3. The molecule has 0 aliphatic heterocycles. The van der Waals surface area contributed by atoms with Gasteiger partial charge in [0.15, 0.2) is 0 Å². The van der Waals surface area contributed by atoms with Gasteiger partial charge in [0.05, 0.1) is 13.5 Å². The normalized spacial score (nSPS) is 12.7. The van der Waals surface area contributed by atoms with E-state index >= 15 is 0 Å². The van der Waals surface area contributed by atoms with Crippen LogP contribution in [-0.4, -0.2) is 49.8 Å². The number of nitrogens with one attached hydrogen (secondary N) is 2. The monoisotopic (exact) mass is 639 g/mol. The molecule has 242 valence electrons. The van der Waals surface area contributed by atoms with E-state index in [0.29, 0.717) is 0 Å². The molecule has 8 heteroatoms. The maximum atomic E-state index is 14.1. The van der Waals surface area contributed by atoms with Gasteiger partial charge in [-0.3, -0.25) is 14.4 Å². The van der Waals surface area contributed by atoms with Crippen molar-refractivity contribution < 1.29 is 24.0 Å². The lowest BCUT2D eigenvalue weighted by Crippen LogP contribution is -2.53. The lowest BCUT2D eigenvalue weighted by Gasteiger charge is -2.37.